The zero-order valence-electron chi connectivity index (χ0n) is 17.0. The monoisotopic (exact) mass is 394 g/mol. The van der Waals surface area contributed by atoms with Gasteiger partial charge in [0.05, 0.1) is 0 Å². The fourth-order valence-electron chi connectivity index (χ4n) is 6.51. The van der Waals surface area contributed by atoms with Crippen LogP contribution in [0.2, 0.25) is 0 Å². The number of benzene rings is 2. The molecule has 0 heterocycles. The zero-order valence-corrected chi connectivity index (χ0v) is 17.0. The number of Topliss-reactive ketones (excluding diaryl/α,β-unsaturated/α-hetero) is 1. The Hall–Kier alpha value is -2.03. The number of hydrogen-bond acceptors (Lipinski definition) is 1. The van der Waals surface area contributed by atoms with Gasteiger partial charge in [0.25, 0.3) is 0 Å². The van der Waals surface area contributed by atoms with Crippen molar-refractivity contribution in [2.24, 2.45) is 17.3 Å². The van der Waals surface area contributed by atoms with Crippen LogP contribution in [0.3, 0.4) is 0 Å². The number of carbonyl (C=O) groups excluding carboxylic acids is 1. The first kappa shape index (κ1) is 19.0. The highest BCUT2D eigenvalue weighted by atomic mass is 19.1. The maximum Gasteiger partial charge on any atom is 0.139 e. The maximum absolute atomic E-state index is 15.0. The average Bonchev–Trinajstić information content (AvgIpc) is 3.04. The molecule has 2 saturated carbocycles. The Morgan fingerprint density at radius 3 is 2.66 bits per heavy atom. The minimum absolute atomic E-state index is 0.0994. The smallest absolute Gasteiger partial charge is 0.139 e. The van der Waals surface area contributed by atoms with Gasteiger partial charge < -0.3 is 0 Å². The number of fused-ring (bicyclic) bond motifs is 5. The molecule has 0 N–H and O–H groups in total. The fraction of sp³-hybridized carbons (Fsp3) is 0.500. The van der Waals surface area contributed by atoms with Gasteiger partial charge in [-0.05, 0) is 84.2 Å². The SMILES string of the molecule is C[C@]12CC[C@@H]3c4ccc(C(F)Cc5ccc(F)cc5)cc4CC[C@H]3[C@@H]1CCC2=O. The first-order valence-corrected chi connectivity index (χ1v) is 11.0. The van der Waals surface area contributed by atoms with Gasteiger partial charge in [0.1, 0.15) is 17.8 Å². The van der Waals surface area contributed by atoms with E-state index in [-0.39, 0.29) is 17.7 Å². The molecule has 2 aromatic carbocycles. The summed E-state index contributed by atoms with van der Waals surface area (Å²) in [7, 11) is 0. The molecule has 0 aromatic heterocycles. The number of carbonyl (C=O) groups is 1. The minimum Gasteiger partial charge on any atom is -0.299 e. The lowest BCUT2D eigenvalue weighted by Gasteiger charge is -2.48. The second-order valence-corrected chi connectivity index (χ2v) is 9.59. The number of halogens is 2. The van der Waals surface area contributed by atoms with Gasteiger partial charge in [-0.25, -0.2) is 8.78 Å². The first-order chi connectivity index (χ1) is 14.0. The third kappa shape index (κ3) is 3.14. The van der Waals surface area contributed by atoms with Crippen LogP contribution in [0.15, 0.2) is 42.5 Å². The lowest BCUT2D eigenvalue weighted by atomic mass is 9.55. The van der Waals surface area contributed by atoms with Gasteiger partial charge in [-0.1, -0.05) is 37.3 Å². The first-order valence-electron chi connectivity index (χ1n) is 11.0. The van der Waals surface area contributed by atoms with Crippen molar-refractivity contribution in [3.8, 4) is 0 Å². The van der Waals surface area contributed by atoms with E-state index < -0.39 is 6.17 Å². The molecule has 3 heteroatoms. The van der Waals surface area contributed by atoms with E-state index in [4.69, 9.17) is 0 Å². The van der Waals surface area contributed by atoms with Gasteiger partial charge in [-0.3, -0.25) is 4.79 Å². The molecule has 2 fully saturated rings. The highest BCUT2D eigenvalue weighted by Gasteiger charge is 2.54. The summed E-state index contributed by atoms with van der Waals surface area (Å²) in [4.78, 5) is 12.5. The van der Waals surface area contributed by atoms with Gasteiger partial charge in [0.2, 0.25) is 0 Å². The average molecular weight is 395 g/mol. The molecule has 1 unspecified atom stereocenters. The lowest BCUT2D eigenvalue weighted by molar-refractivity contribution is -0.129. The van der Waals surface area contributed by atoms with Crippen molar-refractivity contribution in [3.63, 3.8) is 0 Å². The summed E-state index contributed by atoms with van der Waals surface area (Å²) >= 11 is 0. The molecule has 1 nitrogen and oxygen atoms in total. The molecule has 0 bridgehead atoms. The Labute approximate surface area is 171 Å². The van der Waals surface area contributed by atoms with Crippen LogP contribution in [0.4, 0.5) is 8.78 Å². The molecule has 3 aliphatic rings. The molecule has 0 radical (unpaired) electrons. The van der Waals surface area contributed by atoms with Crippen molar-refractivity contribution in [3.05, 3.63) is 70.5 Å². The number of hydrogen-bond donors (Lipinski definition) is 0. The Kier molecular flexibility index (Phi) is 4.60. The molecule has 5 rings (SSSR count). The predicted molar refractivity (Wildman–Crippen MR) is 110 cm³/mol. The molecule has 2 aromatic rings. The van der Waals surface area contributed by atoms with E-state index in [1.807, 2.05) is 6.07 Å². The second kappa shape index (κ2) is 7.04. The van der Waals surface area contributed by atoms with E-state index >= 15 is 0 Å². The normalized spacial score (nSPS) is 31.7. The topological polar surface area (TPSA) is 17.1 Å². The van der Waals surface area contributed by atoms with Gasteiger partial charge >= 0.3 is 0 Å². The van der Waals surface area contributed by atoms with Gasteiger partial charge in [0.15, 0.2) is 0 Å². The van der Waals surface area contributed by atoms with Crippen molar-refractivity contribution >= 4 is 5.78 Å². The molecule has 0 saturated heterocycles. The number of ketones is 1. The van der Waals surface area contributed by atoms with Gasteiger partial charge in [-0.15, -0.1) is 0 Å². The highest BCUT2D eigenvalue weighted by molar-refractivity contribution is 5.87. The van der Waals surface area contributed by atoms with E-state index in [1.54, 1.807) is 12.1 Å². The third-order valence-electron chi connectivity index (χ3n) is 8.15. The van der Waals surface area contributed by atoms with Crippen LogP contribution in [0.25, 0.3) is 0 Å². The summed E-state index contributed by atoms with van der Waals surface area (Å²) in [6.45, 7) is 2.20. The fourth-order valence-corrected chi connectivity index (χ4v) is 6.51. The Morgan fingerprint density at radius 1 is 1.07 bits per heavy atom. The van der Waals surface area contributed by atoms with Crippen LogP contribution in [0.5, 0.6) is 0 Å². The quantitative estimate of drug-likeness (QED) is 0.580. The molecule has 152 valence electrons. The molecule has 29 heavy (non-hydrogen) atoms. The van der Waals surface area contributed by atoms with E-state index in [1.165, 1.54) is 23.3 Å². The zero-order chi connectivity index (χ0) is 20.2. The van der Waals surface area contributed by atoms with Gasteiger partial charge in [0, 0.05) is 18.3 Å². The Balaban J connectivity index is 1.37. The molecule has 0 spiro atoms. The molecule has 0 aliphatic heterocycles. The van der Waals surface area contributed by atoms with Crippen molar-refractivity contribution in [2.45, 2.75) is 64.0 Å². The Morgan fingerprint density at radius 2 is 1.86 bits per heavy atom. The third-order valence-corrected chi connectivity index (χ3v) is 8.15. The van der Waals surface area contributed by atoms with Crippen LogP contribution in [0.1, 0.15) is 73.4 Å². The lowest BCUT2D eigenvalue weighted by Crippen LogP contribution is -2.42. The summed E-state index contributed by atoms with van der Waals surface area (Å²) in [5.41, 5.74) is 4.12. The summed E-state index contributed by atoms with van der Waals surface area (Å²) < 4.78 is 28.0. The van der Waals surface area contributed by atoms with Crippen LogP contribution in [-0.4, -0.2) is 5.78 Å². The molecular weight excluding hydrogens is 366 g/mol. The van der Waals surface area contributed by atoms with E-state index in [0.29, 0.717) is 23.5 Å². The van der Waals surface area contributed by atoms with Crippen LogP contribution in [0, 0.1) is 23.1 Å². The molecular formula is C26H28F2O. The largest absolute Gasteiger partial charge is 0.299 e. The summed E-state index contributed by atoms with van der Waals surface area (Å²) in [5, 5.41) is 0. The van der Waals surface area contributed by atoms with Crippen molar-refractivity contribution in [1.82, 2.24) is 0 Å². The molecule has 5 atom stereocenters. The number of alkyl halides is 1. The van der Waals surface area contributed by atoms with Crippen LogP contribution >= 0.6 is 0 Å². The number of aryl methyl sites for hydroxylation is 1. The summed E-state index contributed by atoms with van der Waals surface area (Å²) in [6.07, 6.45) is 5.16. The van der Waals surface area contributed by atoms with Crippen LogP contribution in [-0.2, 0) is 17.6 Å². The van der Waals surface area contributed by atoms with Crippen molar-refractivity contribution in [1.29, 1.82) is 0 Å². The highest BCUT2D eigenvalue weighted by Crippen LogP contribution is 2.59. The number of rotatable bonds is 3. The van der Waals surface area contributed by atoms with E-state index in [2.05, 4.69) is 19.1 Å². The van der Waals surface area contributed by atoms with Crippen molar-refractivity contribution in [2.75, 3.05) is 0 Å². The summed E-state index contributed by atoms with van der Waals surface area (Å²) in [6, 6.07) is 12.3. The molecule has 0 amide bonds. The van der Waals surface area contributed by atoms with Gasteiger partial charge in [-0.2, -0.15) is 0 Å². The minimum atomic E-state index is -1.08. The van der Waals surface area contributed by atoms with Crippen LogP contribution < -0.4 is 0 Å². The predicted octanol–water partition coefficient (Wildman–Crippen LogP) is 6.50. The standard InChI is InChI=1S/C26H28F2O/c1-26-13-12-21-20-8-5-18(24(28)14-16-2-6-19(27)7-3-16)15-17(20)4-9-22(21)23(26)10-11-25(26)29/h2-3,5-8,15,21-24H,4,9-14H2,1H3/t21-,22-,23+,24?,26+/m1/s1. The molecule has 3 aliphatic carbocycles. The summed E-state index contributed by atoms with van der Waals surface area (Å²) in [5.74, 6) is 1.82. The van der Waals surface area contributed by atoms with E-state index in [0.717, 1.165) is 49.7 Å². The second-order valence-electron chi connectivity index (χ2n) is 9.59. The Bertz CT molecular complexity index is 934. The maximum atomic E-state index is 15.0. The van der Waals surface area contributed by atoms with E-state index in [9.17, 15) is 13.6 Å². The van der Waals surface area contributed by atoms with Crippen molar-refractivity contribution < 1.29 is 13.6 Å².